The topological polar surface area (TPSA) is 61.4 Å². The number of nitrogens with zero attached hydrogens (tertiary/aromatic N) is 1. The van der Waals surface area contributed by atoms with Gasteiger partial charge in [0.15, 0.2) is 0 Å². The monoisotopic (exact) mass is 229 g/mol. The molecule has 3 amide bonds. The van der Waals surface area contributed by atoms with Crippen molar-refractivity contribution < 1.29 is 9.59 Å². The summed E-state index contributed by atoms with van der Waals surface area (Å²) in [6, 6.07) is 0.290. The molecule has 0 bridgehead atoms. The van der Waals surface area contributed by atoms with Gasteiger partial charge >= 0.3 is 6.03 Å². The number of imide groups is 1. The SMILES string of the molecule is O=C1CNC(=O)N1CCNC1CCSC1. The fraction of sp³-hybridized carbons (Fsp3) is 0.778. The van der Waals surface area contributed by atoms with Crippen LogP contribution in [0, 0.1) is 0 Å². The van der Waals surface area contributed by atoms with Crippen molar-refractivity contribution in [2.24, 2.45) is 0 Å². The van der Waals surface area contributed by atoms with E-state index in [2.05, 4.69) is 10.6 Å². The van der Waals surface area contributed by atoms with Crippen molar-refractivity contribution in [3.8, 4) is 0 Å². The van der Waals surface area contributed by atoms with Gasteiger partial charge in [-0.1, -0.05) is 0 Å². The van der Waals surface area contributed by atoms with Crippen LogP contribution in [0.25, 0.3) is 0 Å². The van der Waals surface area contributed by atoms with Crippen LogP contribution < -0.4 is 10.6 Å². The van der Waals surface area contributed by atoms with Crippen molar-refractivity contribution in [1.82, 2.24) is 15.5 Å². The lowest BCUT2D eigenvalue weighted by molar-refractivity contribution is -0.124. The third-order valence-corrected chi connectivity index (χ3v) is 3.80. The number of hydrogen-bond donors (Lipinski definition) is 2. The summed E-state index contributed by atoms with van der Waals surface area (Å²) in [5, 5.41) is 5.86. The summed E-state index contributed by atoms with van der Waals surface area (Å²) in [6.07, 6.45) is 1.19. The normalized spacial score (nSPS) is 26.1. The van der Waals surface area contributed by atoms with Crippen molar-refractivity contribution in [3.05, 3.63) is 0 Å². The van der Waals surface area contributed by atoms with Crippen LogP contribution in [0.15, 0.2) is 0 Å². The summed E-state index contributed by atoms with van der Waals surface area (Å²) < 4.78 is 0. The number of amides is 3. The minimum atomic E-state index is -0.261. The van der Waals surface area contributed by atoms with Crippen LogP contribution in [-0.4, -0.2) is 54.0 Å². The van der Waals surface area contributed by atoms with Crippen molar-refractivity contribution in [2.75, 3.05) is 31.1 Å². The lowest BCUT2D eigenvalue weighted by Gasteiger charge is -2.15. The van der Waals surface area contributed by atoms with Crippen molar-refractivity contribution in [3.63, 3.8) is 0 Å². The summed E-state index contributed by atoms with van der Waals surface area (Å²) in [5.41, 5.74) is 0. The molecular formula is C9H15N3O2S. The molecule has 2 aliphatic heterocycles. The second-order valence-electron chi connectivity index (χ2n) is 3.72. The molecule has 6 heteroatoms. The van der Waals surface area contributed by atoms with E-state index >= 15 is 0 Å². The molecule has 2 heterocycles. The van der Waals surface area contributed by atoms with Crippen LogP contribution in [0.4, 0.5) is 4.79 Å². The van der Waals surface area contributed by atoms with E-state index in [-0.39, 0.29) is 18.5 Å². The molecule has 0 aliphatic carbocycles. The van der Waals surface area contributed by atoms with E-state index in [4.69, 9.17) is 0 Å². The third kappa shape index (κ3) is 2.63. The maximum atomic E-state index is 11.2. The molecule has 1 unspecified atom stereocenters. The van der Waals surface area contributed by atoms with Crippen molar-refractivity contribution in [1.29, 1.82) is 0 Å². The number of rotatable bonds is 4. The highest BCUT2D eigenvalue weighted by Crippen LogP contribution is 2.16. The number of hydrogen-bond acceptors (Lipinski definition) is 4. The molecule has 2 rings (SSSR count). The molecule has 2 aliphatic rings. The third-order valence-electron chi connectivity index (χ3n) is 2.64. The van der Waals surface area contributed by atoms with Gasteiger partial charge in [-0.2, -0.15) is 11.8 Å². The summed E-state index contributed by atoms with van der Waals surface area (Å²) in [7, 11) is 0. The number of urea groups is 1. The van der Waals surface area contributed by atoms with E-state index in [1.807, 2.05) is 11.8 Å². The quantitative estimate of drug-likeness (QED) is 0.646. The molecule has 5 nitrogen and oxygen atoms in total. The van der Waals surface area contributed by atoms with Gasteiger partial charge in [0.25, 0.3) is 0 Å². The van der Waals surface area contributed by atoms with Gasteiger partial charge in [0.1, 0.15) is 0 Å². The molecule has 15 heavy (non-hydrogen) atoms. The standard InChI is InChI=1S/C9H15N3O2S/c13-8-5-11-9(14)12(8)3-2-10-7-1-4-15-6-7/h7,10H,1-6H2,(H,11,14). The summed E-state index contributed by atoms with van der Waals surface area (Å²) in [4.78, 5) is 23.7. The Morgan fingerprint density at radius 1 is 1.53 bits per heavy atom. The van der Waals surface area contributed by atoms with Crippen LogP contribution in [0.5, 0.6) is 0 Å². The lowest BCUT2D eigenvalue weighted by atomic mass is 10.2. The first-order chi connectivity index (χ1) is 7.27. The molecule has 0 aromatic heterocycles. The molecule has 2 fully saturated rings. The maximum Gasteiger partial charge on any atom is 0.324 e. The molecule has 1 atom stereocenters. The van der Waals surface area contributed by atoms with Crippen molar-refractivity contribution in [2.45, 2.75) is 12.5 Å². The largest absolute Gasteiger partial charge is 0.329 e. The minimum absolute atomic E-state index is 0.123. The Bertz CT molecular complexity index is 250. The van der Waals surface area contributed by atoms with E-state index in [0.29, 0.717) is 19.1 Å². The Kier molecular flexibility index (Phi) is 3.48. The molecule has 2 N–H and O–H groups in total. The molecule has 0 aromatic rings. The van der Waals surface area contributed by atoms with Crippen LogP contribution in [0.2, 0.25) is 0 Å². The maximum absolute atomic E-state index is 11.2. The predicted octanol–water partition coefficient (Wildman–Crippen LogP) is -0.367. The van der Waals surface area contributed by atoms with Gasteiger partial charge in [0.2, 0.25) is 5.91 Å². The van der Waals surface area contributed by atoms with E-state index in [0.717, 1.165) is 5.75 Å². The highest BCUT2D eigenvalue weighted by atomic mass is 32.2. The average Bonchev–Trinajstić information content (AvgIpc) is 2.82. The Labute approximate surface area is 93.0 Å². The van der Waals surface area contributed by atoms with Crippen LogP contribution >= 0.6 is 11.8 Å². The molecule has 0 spiro atoms. The second-order valence-corrected chi connectivity index (χ2v) is 4.87. The Hall–Kier alpha value is -0.750. The van der Waals surface area contributed by atoms with Gasteiger partial charge in [-0.05, 0) is 12.2 Å². The summed E-state index contributed by atoms with van der Waals surface area (Å²) in [5.74, 6) is 2.23. The molecular weight excluding hydrogens is 214 g/mol. The molecule has 0 aromatic carbocycles. The highest BCUT2D eigenvalue weighted by Gasteiger charge is 2.27. The van der Waals surface area contributed by atoms with Crippen LogP contribution in [0.1, 0.15) is 6.42 Å². The summed E-state index contributed by atoms with van der Waals surface area (Å²) in [6.45, 7) is 1.33. The fourth-order valence-electron chi connectivity index (χ4n) is 1.76. The van der Waals surface area contributed by atoms with E-state index in [9.17, 15) is 9.59 Å². The Morgan fingerprint density at radius 2 is 2.40 bits per heavy atom. The number of nitrogens with one attached hydrogen (secondary N) is 2. The Morgan fingerprint density at radius 3 is 3.00 bits per heavy atom. The van der Waals surface area contributed by atoms with Gasteiger partial charge in [0, 0.05) is 24.9 Å². The van der Waals surface area contributed by atoms with E-state index in [1.165, 1.54) is 17.1 Å². The zero-order valence-electron chi connectivity index (χ0n) is 8.49. The number of carbonyl (C=O) groups is 2. The molecule has 0 radical (unpaired) electrons. The summed E-state index contributed by atoms with van der Waals surface area (Å²) >= 11 is 1.94. The van der Waals surface area contributed by atoms with Gasteiger partial charge in [-0.3, -0.25) is 9.69 Å². The smallest absolute Gasteiger partial charge is 0.324 e. The minimum Gasteiger partial charge on any atom is -0.329 e. The van der Waals surface area contributed by atoms with E-state index < -0.39 is 0 Å². The molecule has 2 saturated heterocycles. The van der Waals surface area contributed by atoms with E-state index in [1.54, 1.807) is 0 Å². The van der Waals surface area contributed by atoms with Crippen molar-refractivity contribution >= 4 is 23.7 Å². The second kappa shape index (κ2) is 4.85. The number of thioether (sulfide) groups is 1. The van der Waals surface area contributed by atoms with Gasteiger partial charge in [-0.25, -0.2) is 4.79 Å². The van der Waals surface area contributed by atoms with Gasteiger partial charge in [0.05, 0.1) is 6.54 Å². The zero-order chi connectivity index (χ0) is 10.7. The average molecular weight is 229 g/mol. The molecule has 0 saturated carbocycles. The fourth-order valence-corrected chi connectivity index (χ4v) is 2.94. The molecule has 84 valence electrons. The van der Waals surface area contributed by atoms with Gasteiger partial charge in [-0.15, -0.1) is 0 Å². The lowest BCUT2D eigenvalue weighted by Crippen LogP contribution is -2.40. The van der Waals surface area contributed by atoms with Crippen LogP contribution in [-0.2, 0) is 4.79 Å². The van der Waals surface area contributed by atoms with Crippen LogP contribution in [0.3, 0.4) is 0 Å². The Balaban J connectivity index is 1.68. The highest BCUT2D eigenvalue weighted by molar-refractivity contribution is 7.99. The first-order valence-corrected chi connectivity index (χ1v) is 6.32. The predicted molar refractivity (Wildman–Crippen MR) is 58.8 cm³/mol. The first-order valence-electron chi connectivity index (χ1n) is 5.16. The number of carbonyl (C=O) groups excluding carboxylic acids is 2. The van der Waals surface area contributed by atoms with Gasteiger partial charge < -0.3 is 10.6 Å². The zero-order valence-corrected chi connectivity index (χ0v) is 9.31. The first kappa shape index (κ1) is 10.8.